The van der Waals surface area contributed by atoms with E-state index in [4.69, 9.17) is 17.3 Å². The zero-order valence-corrected chi connectivity index (χ0v) is 9.28. The predicted octanol–water partition coefficient (Wildman–Crippen LogP) is 1.76. The Morgan fingerprint density at radius 2 is 2.36 bits per heavy atom. The van der Waals surface area contributed by atoms with Crippen molar-refractivity contribution in [2.45, 2.75) is 4.90 Å². The van der Waals surface area contributed by atoms with Crippen LogP contribution in [0.2, 0.25) is 5.02 Å². The predicted molar refractivity (Wildman–Crippen MR) is 60.7 cm³/mol. The summed E-state index contributed by atoms with van der Waals surface area (Å²) in [5, 5.41) is 3.06. The highest BCUT2D eigenvalue weighted by atomic mass is 35.5. The summed E-state index contributed by atoms with van der Waals surface area (Å²) < 4.78 is 0. The number of halogens is 1. The fourth-order valence-corrected chi connectivity index (χ4v) is 1.87. The Balaban J connectivity index is 2.60. The summed E-state index contributed by atoms with van der Waals surface area (Å²) in [6, 6.07) is 5.33. The lowest BCUT2D eigenvalue weighted by Gasteiger charge is -2.02. The molecule has 0 heterocycles. The SMILES string of the molecule is CNC(=O)CSc1ccc(N)c(Cl)c1. The van der Waals surface area contributed by atoms with Gasteiger partial charge >= 0.3 is 0 Å². The quantitative estimate of drug-likeness (QED) is 0.615. The number of nitrogen functional groups attached to an aromatic ring is 1. The smallest absolute Gasteiger partial charge is 0.230 e. The molecule has 76 valence electrons. The van der Waals surface area contributed by atoms with Gasteiger partial charge in [-0.1, -0.05) is 11.6 Å². The van der Waals surface area contributed by atoms with Crippen LogP contribution in [-0.4, -0.2) is 18.7 Å². The van der Waals surface area contributed by atoms with E-state index in [-0.39, 0.29) is 5.91 Å². The Labute approximate surface area is 92.0 Å². The van der Waals surface area contributed by atoms with E-state index in [0.29, 0.717) is 16.5 Å². The minimum atomic E-state index is -0.0112. The first kappa shape index (κ1) is 11.2. The van der Waals surface area contributed by atoms with E-state index in [1.165, 1.54) is 11.8 Å². The molecule has 0 atom stereocenters. The summed E-state index contributed by atoms with van der Waals surface area (Å²) in [6.07, 6.45) is 0. The van der Waals surface area contributed by atoms with E-state index in [2.05, 4.69) is 5.32 Å². The van der Waals surface area contributed by atoms with Crippen LogP contribution < -0.4 is 11.1 Å². The Morgan fingerprint density at radius 1 is 1.64 bits per heavy atom. The Bertz CT molecular complexity index is 344. The number of carbonyl (C=O) groups is 1. The minimum absolute atomic E-state index is 0.0112. The molecule has 0 aliphatic heterocycles. The van der Waals surface area contributed by atoms with E-state index in [0.717, 1.165) is 4.90 Å². The second-order valence-corrected chi connectivity index (χ2v) is 4.10. The molecule has 1 aromatic rings. The molecule has 1 rings (SSSR count). The number of carbonyl (C=O) groups excluding carboxylic acids is 1. The minimum Gasteiger partial charge on any atom is -0.398 e. The van der Waals surface area contributed by atoms with Crippen molar-refractivity contribution in [3.63, 3.8) is 0 Å². The van der Waals surface area contributed by atoms with Crippen LogP contribution in [0.3, 0.4) is 0 Å². The normalized spacial score (nSPS) is 9.86. The second kappa shape index (κ2) is 5.12. The zero-order chi connectivity index (χ0) is 10.6. The van der Waals surface area contributed by atoms with Crippen LogP contribution in [0.25, 0.3) is 0 Å². The average Bonchev–Trinajstić information content (AvgIpc) is 2.19. The van der Waals surface area contributed by atoms with Crippen molar-refractivity contribution in [2.24, 2.45) is 0 Å². The highest BCUT2D eigenvalue weighted by molar-refractivity contribution is 8.00. The summed E-state index contributed by atoms with van der Waals surface area (Å²) in [7, 11) is 1.61. The van der Waals surface area contributed by atoms with Crippen LogP contribution in [0.4, 0.5) is 5.69 Å². The third-order valence-corrected chi connectivity index (χ3v) is 2.94. The van der Waals surface area contributed by atoms with E-state index in [1.54, 1.807) is 19.2 Å². The molecular formula is C9H11ClN2OS. The van der Waals surface area contributed by atoms with Gasteiger partial charge in [-0.05, 0) is 18.2 Å². The zero-order valence-electron chi connectivity index (χ0n) is 7.71. The fourth-order valence-electron chi connectivity index (χ4n) is 0.819. The Kier molecular flexibility index (Phi) is 4.10. The van der Waals surface area contributed by atoms with Crippen LogP contribution >= 0.6 is 23.4 Å². The molecule has 3 N–H and O–H groups in total. The molecule has 0 unspecified atom stereocenters. The lowest BCUT2D eigenvalue weighted by atomic mass is 10.3. The van der Waals surface area contributed by atoms with Gasteiger partial charge < -0.3 is 11.1 Å². The van der Waals surface area contributed by atoms with Gasteiger partial charge in [0, 0.05) is 11.9 Å². The van der Waals surface area contributed by atoms with Gasteiger partial charge in [0.1, 0.15) is 0 Å². The van der Waals surface area contributed by atoms with Gasteiger partial charge in [-0.15, -0.1) is 11.8 Å². The highest BCUT2D eigenvalue weighted by Crippen LogP contribution is 2.25. The molecule has 1 amide bonds. The fraction of sp³-hybridized carbons (Fsp3) is 0.222. The number of nitrogens with one attached hydrogen (secondary N) is 1. The van der Waals surface area contributed by atoms with Gasteiger partial charge in [-0.2, -0.15) is 0 Å². The number of benzene rings is 1. The number of anilines is 1. The van der Waals surface area contributed by atoms with Crippen LogP contribution in [0.5, 0.6) is 0 Å². The molecule has 0 bridgehead atoms. The van der Waals surface area contributed by atoms with Crippen molar-refractivity contribution < 1.29 is 4.79 Å². The monoisotopic (exact) mass is 230 g/mol. The largest absolute Gasteiger partial charge is 0.398 e. The lowest BCUT2D eigenvalue weighted by molar-refractivity contribution is -0.118. The first-order chi connectivity index (χ1) is 6.63. The summed E-state index contributed by atoms with van der Waals surface area (Å²) in [5.41, 5.74) is 6.10. The molecule has 0 spiro atoms. The number of rotatable bonds is 3. The first-order valence-electron chi connectivity index (χ1n) is 4.02. The Hall–Kier alpha value is -0.870. The molecule has 0 saturated carbocycles. The number of hydrogen-bond acceptors (Lipinski definition) is 3. The number of amides is 1. The van der Waals surface area contributed by atoms with E-state index >= 15 is 0 Å². The van der Waals surface area contributed by atoms with Gasteiger partial charge in [0.15, 0.2) is 0 Å². The lowest BCUT2D eigenvalue weighted by Crippen LogP contribution is -2.19. The third kappa shape index (κ3) is 3.12. The van der Waals surface area contributed by atoms with Gasteiger partial charge in [-0.25, -0.2) is 0 Å². The third-order valence-electron chi connectivity index (χ3n) is 1.62. The van der Waals surface area contributed by atoms with Crippen molar-refractivity contribution in [2.75, 3.05) is 18.5 Å². The maximum atomic E-state index is 10.9. The molecule has 5 heteroatoms. The molecule has 1 aromatic carbocycles. The molecule has 14 heavy (non-hydrogen) atoms. The van der Waals surface area contributed by atoms with Gasteiger partial charge in [0.2, 0.25) is 5.91 Å². The summed E-state index contributed by atoms with van der Waals surface area (Å²) >= 11 is 7.25. The second-order valence-electron chi connectivity index (χ2n) is 2.65. The van der Waals surface area contributed by atoms with E-state index in [1.807, 2.05) is 6.07 Å². The summed E-state index contributed by atoms with van der Waals surface area (Å²) in [4.78, 5) is 11.9. The van der Waals surface area contributed by atoms with Crippen LogP contribution in [0.1, 0.15) is 0 Å². The van der Waals surface area contributed by atoms with Crippen LogP contribution in [-0.2, 0) is 4.79 Å². The topological polar surface area (TPSA) is 55.1 Å². The van der Waals surface area contributed by atoms with E-state index in [9.17, 15) is 4.79 Å². The summed E-state index contributed by atoms with van der Waals surface area (Å²) in [5.74, 6) is 0.375. The molecule has 0 aliphatic rings. The van der Waals surface area contributed by atoms with Gasteiger partial charge in [0.05, 0.1) is 16.5 Å². The van der Waals surface area contributed by atoms with Crippen LogP contribution in [0.15, 0.2) is 23.1 Å². The van der Waals surface area contributed by atoms with Gasteiger partial charge in [0.25, 0.3) is 0 Å². The van der Waals surface area contributed by atoms with Crippen molar-refractivity contribution in [1.82, 2.24) is 5.32 Å². The molecular weight excluding hydrogens is 220 g/mol. The van der Waals surface area contributed by atoms with Crippen molar-refractivity contribution >= 4 is 35.0 Å². The molecule has 0 radical (unpaired) electrons. The van der Waals surface area contributed by atoms with Gasteiger partial charge in [-0.3, -0.25) is 4.79 Å². The maximum Gasteiger partial charge on any atom is 0.230 e. The molecule has 0 aromatic heterocycles. The van der Waals surface area contributed by atoms with Crippen molar-refractivity contribution in [3.8, 4) is 0 Å². The maximum absolute atomic E-state index is 10.9. The number of hydrogen-bond donors (Lipinski definition) is 2. The van der Waals surface area contributed by atoms with Crippen LogP contribution in [0, 0.1) is 0 Å². The van der Waals surface area contributed by atoms with Crippen molar-refractivity contribution in [1.29, 1.82) is 0 Å². The molecule has 0 aliphatic carbocycles. The molecule has 3 nitrogen and oxygen atoms in total. The molecule has 0 saturated heterocycles. The summed E-state index contributed by atoms with van der Waals surface area (Å²) in [6.45, 7) is 0. The molecule has 0 fully saturated rings. The van der Waals surface area contributed by atoms with E-state index < -0.39 is 0 Å². The first-order valence-corrected chi connectivity index (χ1v) is 5.38. The number of nitrogens with two attached hydrogens (primary N) is 1. The highest BCUT2D eigenvalue weighted by Gasteiger charge is 2.02. The Morgan fingerprint density at radius 3 is 2.93 bits per heavy atom. The standard InChI is InChI=1S/C9H11ClN2OS/c1-12-9(13)5-14-6-2-3-8(11)7(10)4-6/h2-4H,5,11H2,1H3,(H,12,13). The van der Waals surface area contributed by atoms with Crippen molar-refractivity contribution in [3.05, 3.63) is 23.2 Å². The average molecular weight is 231 g/mol. The number of thioether (sulfide) groups is 1.